The zero-order chi connectivity index (χ0) is 7.02. The van der Waals surface area contributed by atoms with E-state index in [4.69, 9.17) is 5.73 Å². The van der Waals surface area contributed by atoms with Crippen molar-refractivity contribution in [3.05, 3.63) is 0 Å². The number of amides is 2. The molecule has 1 saturated heterocycles. The second-order valence-electron chi connectivity index (χ2n) is 2.10. The van der Waals surface area contributed by atoms with E-state index in [0.29, 0.717) is 0 Å². The van der Waals surface area contributed by atoms with Crippen LogP contribution in [0.15, 0.2) is 0 Å². The quantitative estimate of drug-likeness (QED) is 0.412. The molecule has 2 amide bonds. The monoisotopic (exact) mass is 128 g/mol. The zero-order valence-electron chi connectivity index (χ0n) is 5.13. The Morgan fingerprint density at radius 2 is 2.22 bits per heavy atom. The van der Waals surface area contributed by atoms with Gasteiger partial charge in [0.25, 0.3) is 0 Å². The molecule has 1 aliphatic rings. The van der Waals surface area contributed by atoms with E-state index in [0.717, 1.165) is 4.90 Å². The predicted molar refractivity (Wildman–Crippen MR) is 30.4 cm³/mol. The Kier molecular flexibility index (Phi) is 1.25. The molecule has 0 unspecified atom stereocenters. The topological polar surface area (TPSA) is 63.4 Å². The molecule has 0 radical (unpaired) electrons. The Morgan fingerprint density at radius 3 is 2.33 bits per heavy atom. The Morgan fingerprint density at radius 1 is 1.67 bits per heavy atom. The van der Waals surface area contributed by atoms with Crippen LogP contribution in [-0.2, 0) is 9.59 Å². The highest BCUT2D eigenvalue weighted by Crippen LogP contribution is 2.06. The lowest BCUT2D eigenvalue weighted by Crippen LogP contribution is -2.32. The Balaban J connectivity index is 2.77. The van der Waals surface area contributed by atoms with Crippen molar-refractivity contribution < 1.29 is 9.59 Å². The van der Waals surface area contributed by atoms with Crippen LogP contribution in [0.4, 0.5) is 0 Å². The van der Waals surface area contributed by atoms with Gasteiger partial charge in [0, 0.05) is 7.05 Å². The van der Waals surface area contributed by atoms with Crippen LogP contribution in [0.2, 0.25) is 0 Å². The molecule has 9 heavy (non-hydrogen) atoms. The molecule has 1 rings (SSSR count). The summed E-state index contributed by atoms with van der Waals surface area (Å²) in [5.41, 5.74) is 5.25. The first-order valence-corrected chi connectivity index (χ1v) is 2.69. The first kappa shape index (κ1) is 6.22. The predicted octanol–water partition coefficient (Wildman–Crippen LogP) is -1.30. The number of nitrogens with zero attached hydrogens (tertiary/aromatic N) is 1. The highest BCUT2D eigenvalue weighted by atomic mass is 16.2. The van der Waals surface area contributed by atoms with Crippen LogP contribution >= 0.6 is 0 Å². The normalized spacial score (nSPS) is 27.8. The van der Waals surface area contributed by atoms with Crippen molar-refractivity contribution in [1.82, 2.24) is 4.90 Å². The molecule has 2 N–H and O–H groups in total. The largest absolute Gasteiger partial charge is 0.319 e. The lowest BCUT2D eigenvalue weighted by atomic mass is 10.3. The third-order valence-electron chi connectivity index (χ3n) is 1.42. The van der Waals surface area contributed by atoms with Crippen LogP contribution in [0.5, 0.6) is 0 Å². The van der Waals surface area contributed by atoms with Gasteiger partial charge in [-0.25, -0.2) is 0 Å². The van der Waals surface area contributed by atoms with E-state index in [1.807, 2.05) is 0 Å². The minimum Gasteiger partial charge on any atom is -0.319 e. The zero-order valence-corrected chi connectivity index (χ0v) is 5.13. The van der Waals surface area contributed by atoms with E-state index in [1.165, 1.54) is 7.05 Å². The van der Waals surface area contributed by atoms with E-state index >= 15 is 0 Å². The van der Waals surface area contributed by atoms with E-state index in [9.17, 15) is 9.59 Å². The first-order chi connectivity index (χ1) is 4.13. The van der Waals surface area contributed by atoms with Gasteiger partial charge in [0.05, 0.1) is 12.5 Å². The molecule has 0 spiro atoms. The van der Waals surface area contributed by atoms with Gasteiger partial charge in [-0.3, -0.25) is 14.5 Å². The van der Waals surface area contributed by atoms with E-state index in [1.54, 1.807) is 0 Å². The van der Waals surface area contributed by atoms with Gasteiger partial charge in [0.2, 0.25) is 11.8 Å². The van der Waals surface area contributed by atoms with E-state index in [-0.39, 0.29) is 18.2 Å². The van der Waals surface area contributed by atoms with Crippen molar-refractivity contribution in [3.8, 4) is 0 Å². The molecule has 50 valence electrons. The molecule has 1 atom stereocenters. The van der Waals surface area contributed by atoms with Gasteiger partial charge in [-0.05, 0) is 0 Å². The molecule has 1 aliphatic heterocycles. The lowest BCUT2D eigenvalue weighted by Gasteiger charge is -2.03. The van der Waals surface area contributed by atoms with Crippen LogP contribution in [0.3, 0.4) is 0 Å². The third kappa shape index (κ3) is 0.810. The summed E-state index contributed by atoms with van der Waals surface area (Å²) in [5.74, 6) is -0.465. The maximum atomic E-state index is 10.7. The van der Waals surface area contributed by atoms with Crippen molar-refractivity contribution >= 4 is 11.8 Å². The van der Waals surface area contributed by atoms with Crippen LogP contribution < -0.4 is 5.73 Å². The summed E-state index contributed by atoms with van der Waals surface area (Å²) in [6, 6.07) is -0.595. The standard InChI is InChI=1S/C5H8N2O2/c1-7-4(8)2-3(6)5(7)9/h3H,2,6H2,1H3/t3-/m1/s1. The smallest absolute Gasteiger partial charge is 0.246 e. The SMILES string of the molecule is CN1C(=O)C[C@@H](N)C1=O. The molecule has 0 aromatic carbocycles. The number of hydrogen-bond acceptors (Lipinski definition) is 3. The second kappa shape index (κ2) is 1.80. The van der Waals surface area contributed by atoms with Gasteiger partial charge in [0.15, 0.2) is 0 Å². The molecule has 0 saturated carbocycles. The summed E-state index contributed by atoms with van der Waals surface area (Å²) < 4.78 is 0. The van der Waals surface area contributed by atoms with Gasteiger partial charge in [-0.15, -0.1) is 0 Å². The van der Waals surface area contributed by atoms with Gasteiger partial charge in [-0.1, -0.05) is 0 Å². The highest BCUT2D eigenvalue weighted by molar-refractivity contribution is 6.05. The lowest BCUT2D eigenvalue weighted by molar-refractivity contribution is -0.136. The van der Waals surface area contributed by atoms with Gasteiger partial charge < -0.3 is 5.73 Å². The minimum absolute atomic E-state index is 0.162. The number of likely N-dealkylation sites (tertiary alicyclic amines) is 1. The number of rotatable bonds is 0. The van der Waals surface area contributed by atoms with Crippen molar-refractivity contribution in [2.24, 2.45) is 5.73 Å². The molecule has 4 nitrogen and oxygen atoms in total. The number of likely N-dealkylation sites (N-methyl/N-ethyl adjacent to an activating group) is 1. The summed E-state index contributed by atoms with van der Waals surface area (Å²) in [7, 11) is 1.44. The van der Waals surface area contributed by atoms with Crippen molar-refractivity contribution in [3.63, 3.8) is 0 Å². The molecule has 0 aromatic rings. The molecule has 0 aliphatic carbocycles. The molecule has 1 heterocycles. The van der Waals surface area contributed by atoms with Crippen LogP contribution in [0, 0.1) is 0 Å². The van der Waals surface area contributed by atoms with Crippen molar-refractivity contribution in [1.29, 1.82) is 0 Å². The summed E-state index contributed by atoms with van der Waals surface area (Å²) in [6.45, 7) is 0. The fourth-order valence-electron chi connectivity index (χ4n) is 0.784. The van der Waals surface area contributed by atoms with Crippen molar-refractivity contribution in [2.45, 2.75) is 12.5 Å². The van der Waals surface area contributed by atoms with Crippen LogP contribution in [0.1, 0.15) is 6.42 Å². The van der Waals surface area contributed by atoms with Gasteiger partial charge >= 0.3 is 0 Å². The number of carbonyl (C=O) groups is 2. The fraction of sp³-hybridized carbons (Fsp3) is 0.600. The van der Waals surface area contributed by atoms with Crippen molar-refractivity contribution in [2.75, 3.05) is 7.05 Å². The van der Waals surface area contributed by atoms with Gasteiger partial charge in [-0.2, -0.15) is 0 Å². The average molecular weight is 128 g/mol. The minimum atomic E-state index is -0.595. The summed E-state index contributed by atoms with van der Waals surface area (Å²) >= 11 is 0. The number of carbonyl (C=O) groups excluding carboxylic acids is 2. The maximum Gasteiger partial charge on any atom is 0.246 e. The Hall–Kier alpha value is -0.900. The summed E-state index contributed by atoms with van der Waals surface area (Å²) in [6.07, 6.45) is 0.162. The molecule has 1 fully saturated rings. The molecular weight excluding hydrogens is 120 g/mol. The van der Waals surface area contributed by atoms with Crippen LogP contribution in [-0.4, -0.2) is 29.8 Å². The molecule has 0 bridgehead atoms. The summed E-state index contributed by atoms with van der Waals surface area (Å²) in [4.78, 5) is 22.4. The number of hydrogen-bond donors (Lipinski definition) is 1. The third-order valence-corrected chi connectivity index (χ3v) is 1.42. The highest BCUT2D eigenvalue weighted by Gasteiger charge is 2.32. The molecule has 0 aromatic heterocycles. The second-order valence-corrected chi connectivity index (χ2v) is 2.10. The van der Waals surface area contributed by atoms with E-state index < -0.39 is 6.04 Å². The number of imide groups is 1. The Bertz CT molecular complexity index is 166. The molecule has 4 heteroatoms. The van der Waals surface area contributed by atoms with E-state index in [2.05, 4.69) is 0 Å². The first-order valence-electron chi connectivity index (χ1n) is 2.69. The van der Waals surface area contributed by atoms with Crippen LogP contribution in [0.25, 0.3) is 0 Å². The number of nitrogens with two attached hydrogens (primary N) is 1. The molecular formula is C5H8N2O2. The average Bonchev–Trinajstić information content (AvgIpc) is 1.98. The Labute approximate surface area is 52.6 Å². The maximum absolute atomic E-state index is 10.7. The fourth-order valence-corrected chi connectivity index (χ4v) is 0.784. The van der Waals surface area contributed by atoms with Gasteiger partial charge in [0.1, 0.15) is 0 Å². The summed E-state index contributed by atoms with van der Waals surface area (Å²) in [5, 5.41) is 0.